The van der Waals surface area contributed by atoms with Gasteiger partial charge in [0.25, 0.3) is 0 Å². The summed E-state index contributed by atoms with van der Waals surface area (Å²) in [7, 11) is 3.21. The molecule has 2 aliphatic rings. The molecule has 132 valence electrons. The van der Waals surface area contributed by atoms with Crippen LogP contribution < -0.4 is 10.6 Å². The van der Waals surface area contributed by atoms with E-state index in [9.17, 15) is 9.59 Å². The number of rotatable bonds is 1. The minimum atomic E-state index is -0.519. The third-order valence-electron chi connectivity index (χ3n) is 3.61. The lowest BCUT2D eigenvalue weighted by molar-refractivity contribution is -0.159. The standard InChI is InChI=1S/C15H26N2O4S2/c1-10-5-22-23-6-11(13(19)21-14(2,3)4)17-15(8-20-9-15)7-16-12(10)18/h10-11,17H,5-9H2,1-4H3,(H,16,18)/t10-,11-/m0/s1. The highest BCUT2D eigenvalue weighted by Gasteiger charge is 2.43. The molecule has 2 saturated heterocycles. The van der Waals surface area contributed by atoms with Gasteiger partial charge < -0.3 is 14.8 Å². The van der Waals surface area contributed by atoms with E-state index in [0.29, 0.717) is 25.5 Å². The van der Waals surface area contributed by atoms with Crippen molar-refractivity contribution in [1.82, 2.24) is 10.6 Å². The first-order valence-corrected chi connectivity index (χ1v) is 10.3. The Hall–Kier alpha value is -0.440. The lowest BCUT2D eigenvalue weighted by atomic mass is 9.95. The normalized spacial score (nSPS) is 29.1. The molecule has 2 heterocycles. The Morgan fingerprint density at radius 1 is 1.30 bits per heavy atom. The van der Waals surface area contributed by atoms with Gasteiger partial charge in [0.1, 0.15) is 11.6 Å². The molecule has 0 aromatic carbocycles. The Morgan fingerprint density at radius 3 is 2.52 bits per heavy atom. The van der Waals surface area contributed by atoms with Crippen molar-refractivity contribution in [3.05, 3.63) is 0 Å². The maximum Gasteiger partial charge on any atom is 0.324 e. The molecule has 2 rings (SSSR count). The van der Waals surface area contributed by atoms with Crippen LogP contribution in [0.1, 0.15) is 27.7 Å². The third-order valence-corrected chi connectivity index (χ3v) is 6.20. The average molecular weight is 363 g/mol. The molecule has 0 bridgehead atoms. The summed E-state index contributed by atoms with van der Waals surface area (Å²) in [5, 5.41) is 6.35. The fraction of sp³-hybridized carbons (Fsp3) is 0.867. The molecule has 0 unspecified atom stereocenters. The van der Waals surface area contributed by atoms with Crippen molar-refractivity contribution in [2.24, 2.45) is 5.92 Å². The van der Waals surface area contributed by atoms with Gasteiger partial charge in [0.05, 0.1) is 18.8 Å². The van der Waals surface area contributed by atoms with Crippen LogP contribution in [0, 0.1) is 5.92 Å². The number of carbonyl (C=O) groups is 2. The second-order valence-corrected chi connectivity index (χ2v) is 9.74. The number of carbonyl (C=O) groups excluding carboxylic acids is 2. The Balaban J connectivity index is 2.08. The molecule has 8 heteroatoms. The van der Waals surface area contributed by atoms with E-state index in [1.54, 1.807) is 21.6 Å². The summed E-state index contributed by atoms with van der Waals surface area (Å²) >= 11 is 0. The van der Waals surface area contributed by atoms with Gasteiger partial charge in [-0.25, -0.2) is 0 Å². The molecule has 1 spiro atoms. The molecule has 0 saturated carbocycles. The molecule has 0 aliphatic carbocycles. The minimum Gasteiger partial charge on any atom is -0.459 e. The molecule has 23 heavy (non-hydrogen) atoms. The van der Waals surface area contributed by atoms with Gasteiger partial charge in [-0.3, -0.25) is 14.9 Å². The summed E-state index contributed by atoms with van der Waals surface area (Å²) in [6, 6.07) is -0.416. The van der Waals surface area contributed by atoms with E-state index in [4.69, 9.17) is 9.47 Å². The summed E-state index contributed by atoms with van der Waals surface area (Å²) in [6.45, 7) is 8.94. The van der Waals surface area contributed by atoms with Gasteiger partial charge in [-0.15, -0.1) is 0 Å². The maximum atomic E-state index is 12.5. The van der Waals surface area contributed by atoms with Crippen molar-refractivity contribution in [2.45, 2.75) is 44.9 Å². The van der Waals surface area contributed by atoms with Gasteiger partial charge >= 0.3 is 5.97 Å². The van der Waals surface area contributed by atoms with Crippen molar-refractivity contribution < 1.29 is 19.1 Å². The van der Waals surface area contributed by atoms with Gasteiger partial charge in [-0.1, -0.05) is 28.5 Å². The van der Waals surface area contributed by atoms with Crippen molar-refractivity contribution in [2.75, 3.05) is 31.3 Å². The summed E-state index contributed by atoms with van der Waals surface area (Å²) in [5.74, 6) is 1.06. The molecule has 6 nitrogen and oxygen atoms in total. The fourth-order valence-electron chi connectivity index (χ4n) is 2.27. The smallest absolute Gasteiger partial charge is 0.324 e. The quantitative estimate of drug-likeness (QED) is 0.536. The van der Waals surface area contributed by atoms with Gasteiger partial charge in [0.15, 0.2) is 0 Å². The number of ether oxygens (including phenoxy) is 2. The molecule has 1 amide bonds. The number of hydrogen-bond donors (Lipinski definition) is 2. The van der Waals surface area contributed by atoms with Crippen LogP contribution in [0.25, 0.3) is 0 Å². The van der Waals surface area contributed by atoms with Crippen molar-refractivity contribution in [1.29, 1.82) is 0 Å². The van der Waals surface area contributed by atoms with E-state index < -0.39 is 11.6 Å². The first kappa shape index (κ1) is 18.9. The molecule has 2 N–H and O–H groups in total. The summed E-state index contributed by atoms with van der Waals surface area (Å²) in [6.07, 6.45) is 0. The lowest BCUT2D eigenvalue weighted by Crippen LogP contribution is -2.69. The SMILES string of the molecule is C[C@H]1CSSC[C@@H](C(=O)OC(C)(C)C)NC2(CNC1=O)COC2. The van der Waals surface area contributed by atoms with Crippen molar-refractivity contribution in [3.63, 3.8) is 0 Å². The van der Waals surface area contributed by atoms with E-state index in [1.165, 1.54) is 0 Å². The molecule has 2 aliphatic heterocycles. The van der Waals surface area contributed by atoms with Crippen LogP contribution >= 0.6 is 21.6 Å². The molecule has 2 atom stereocenters. The van der Waals surface area contributed by atoms with Crippen molar-refractivity contribution >= 4 is 33.5 Å². The lowest BCUT2D eigenvalue weighted by Gasteiger charge is -2.44. The summed E-state index contributed by atoms with van der Waals surface area (Å²) < 4.78 is 10.9. The third kappa shape index (κ3) is 5.55. The number of amides is 1. The predicted molar refractivity (Wildman–Crippen MR) is 93.4 cm³/mol. The largest absolute Gasteiger partial charge is 0.459 e. The molecule has 0 aromatic rings. The highest BCUT2D eigenvalue weighted by molar-refractivity contribution is 8.76. The van der Waals surface area contributed by atoms with Crippen LogP contribution in [0.15, 0.2) is 0 Å². The van der Waals surface area contributed by atoms with Crippen LogP contribution in [0.5, 0.6) is 0 Å². The zero-order chi connectivity index (χ0) is 17.1. The topological polar surface area (TPSA) is 76.7 Å². The molecule has 0 radical (unpaired) electrons. The second kappa shape index (κ2) is 7.63. The van der Waals surface area contributed by atoms with Gasteiger partial charge in [-0.2, -0.15) is 0 Å². The molecular weight excluding hydrogens is 336 g/mol. The number of esters is 1. The number of nitrogens with one attached hydrogen (secondary N) is 2. The predicted octanol–water partition coefficient (Wildman–Crippen LogP) is 1.20. The molecule has 2 fully saturated rings. The number of hydrogen-bond acceptors (Lipinski definition) is 7. The van der Waals surface area contributed by atoms with E-state index in [1.807, 2.05) is 27.7 Å². The highest BCUT2D eigenvalue weighted by Crippen LogP contribution is 2.28. The van der Waals surface area contributed by atoms with Gasteiger partial charge in [0, 0.05) is 24.0 Å². The Kier molecular flexibility index (Phi) is 6.27. The van der Waals surface area contributed by atoms with E-state index in [-0.39, 0.29) is 23.3 Å². The van der Waals surface area contributed by atoms with E-state index in [0.717, 1.165) is 5.75 Å². The maximum absolute atomic E-state index is 12.5. The van der Waals surface area contributed by atoms with Crippen LogP contribution in [0.3, 0.4) is 0 Å². The van der Waals surface area contributed by atoms with E-state index in [2.05, 4.69) is 10.6 Å². The van der Waals surface area contributed by atoms with E-state index >= 15 is 0 Å². The van der Waals surface area contributed by atoms with Crippen LogP contribution in [-0.2, 0) is 19.1 Å². The van der Waals surface area contributed by atoms with Gasteiger partial charge in [0.2, 0.25) is 5.91 Å². The highest BCUT2D eigenvalue weighted by atomic mass is 33.1. The first-order valence-electron chi connectivity index (χ1n) is 7.81. The zero-order valence-electron chi connectivity index (χ0n) is 14.1. The second-order valence-electron chi connectivity index (χ2n) is 7.19. The first-order chi connectivity index (χ1) is 10.7. The monoisotopic (exact) mass is 362 g/mol. The Labute approximate surface area is 145 Å². The average Bonchev–Trinajstić information content (AvgIpc) is 2.43. The zero-order valence-corrected chi connectivity index (χ0v) is 15.8. The van der Waals surface area contributed by atoms with Crippen molar-refractivity contribution in [3.8, 4) is 0 Å². The Bertz CT molecular complexity index is 449. The van der Waals surface area contributed by atoms with Crippen LogP contribution in [-0.4, -0.2) is 60.3 Å². The van der Waals surface area contributed by atoms with Crippen LogP contribution in [0.4, 0.5) is 0 Å². The molecular formula is C15H26N2O4S2. The van der Waals surface area contributed by atoms with Crippen LogP contribution in [0.2, 0.25) is 0 Å². The summed E-state index contributed by atoms with van der Waals surface area (Å²) in [5.41, 5.74) is -0.901. The summed E-state index contributed by atoms with van der Waals surface area (Å²) in [4.78, 5) is 24.6. The van der Waals surface area contributed by atoms with Gasteiger partial charge in [-0.05, 0) is 20.8 Å². The Morgan fingerprint density at radius 2 is 1.96 bits per heavy atom. The fourth-order valence-corrected chi connectivity index (χ4v) is 4.77. The minimum absolute atomic E-state index is 0.0434. The molecule has 0 aromatic heterocycles.